The predicted molar refractivity (Wildman–Crippen MR) is 99.3 cm³/mol. The van der Waals surface area contributed by atoms with Crippen molar-refractivity contribution >= 4 is 17.9 Å². The molecule has 0 aliphatic carbocycles. The first-order chi connectivity index (χ1) is 12.7. The highest BCUT2D eigenvalue weighted by atomic mass is 16.6. The van der Waals surface area contributed by atoms with E-state index in [0.717, 1.165) is 12.8 Å². The third-order valence-electron chi connectivity index (χ3n) is 3.41. The Bertz CT molecular complexity index is 597. The maximum absolute atomic E-state index is 12.4. The molecular formula is C17H30N6O4. The van der Waals surface area contributed by atoms with Gasteiger partial charge < -0.3 is 20.8 Å². The first-order valence-electron chi connectivity index (χ1n) is 8.97. The number of H-pyrrole nitrogens is 1. The fourth-order valence-corrected chi connectivity index (χ4v) is 2.16. The van der Waals surface area contributed by atoms with Crippen LogP contribution in [0.4, 0.5) is 4.79 Å². The number of aromatic nitrogens is 2. The summed E-state index contributed by atoms with van der Waals surface area (Å²) < 4.78 is 5.18. The van der Waals surface area contributed by atoms with Crippen LogP contribution in [-0.4, -0.2) is 46.1 Å². The molecule has 0 saturated carbocycles. The molecule has 1 aromatic heterocycles. The standard InChI is InChI=1S/C17H30N6O4/c1-17(2,3)27-16(26)21-13(9-12-10-19-11-20-12)15(25)23-22-14(24)7-5-4-6-8-18/h10-11,13H,4-9,18H2,1-3H3,(H,19,20)(H,21,26)(H,22,24)(H,23,25)/t13-/m1/s1. The molecule has 10 nitrogen and oxygen atoms in total. The molecule has 6 N–H and O–H groups in total. The van der Waals surface area contributed by atoms with Gasteiger partial charge in [0.05, 0.1) is 12.0 Å². The average Bonchev–Trinajstić information content (AvgIpc) is 3.07. The number of hydrogen-bond donors (Lipinski definition) is 5. The van der Waals surface area contributed by atoms with Gasteiger partial charge in [-0.2, -0.15) is 0 Å². The van der Waals surface area contributed by atoms with Gasteiger partial charge in [-0.25, -0.2) is 9.78 Å². The van der Waals surface area contributed by atoms with Crippen molar-refractivity contribution in [3.05, 3.63) is 18.2 Å². The van der Waals surface area contributed by atoms with Gasteiger partial charge in [0.25, 0.3) is 5.91 Å². The monoisotopic (exact) mass is 382 g/mol. The van der Waals surface area contributed by atoms with E-state index >= 15 is 0 Å². The van der Waals surface area contributed by atoms with E-state index in [1.165, 1.54) is 6.33 Å². The van der Waals surface area contributed by atoms with Crippen LogP contribution in [0.5, 0.6) is 0 Å². The molecule has 1 heterocycles. The molecule has 0 bridgehead atoms. The number of amides is 3. The van der Waals surface area contributed by atoms with Crippen molar-refractivity contribution in [2.75, 3.05) is 6.54 Å². The Morgan fingerprint density at radius 1 is 1.22 bits per heavy atom. The topological polar surface area (TPSA) is 151 Å². The van der Waals surface area contributed by atoms with Crippen molar-refractivity contribution < 1.29 is 19.1 Å². The minimum absolute atomic E-state index is 0.140. The van der Waals surface area contributed by atoms with Crippen molar-refractivity contribution in [3.63, 3.8) is 0 Å². The Balaban J connectivity index is 2.56. The number of ether oxygens (including phenoxy) is 1. The van der Waals surface area contributed by atoms with Crippen molar-refractivity contribution in [2.45, 2.75) is 64.5 Å². The lowest BCUT2D eigenvalue weighted by molar-refractivity contribution is -0.130. The molecule has 1 rings (SSSR count). The van der Waals surface area contributed by atoms with Gasteiger partial charge >= 0.3 is 6.09 Å². The third-order valence-corrected chi connectivity index (χ3v) is 3.41. The normalized spacial score (nSPS) is 12.1. The molecule has 0 spiro atoms. The fourth-order valence-electron chi connectivity index (χ4n) is 2.16. The number of unbranched alkanes of at least 4 members (excludes halogenated alkanes) is 2. The molecule has 0 radical (unpaired) electrons. The second kappa shape index (κ2) is 11.2. The molecular weight excluding hydrogens is 352 g/mol. The summed E-state index contributed by atoms with van der Waals surface area (Å²) in [5, 5.41) is 2.50. The zero-order chi connectivity index (χ0) is 20.3. The second-order valence-electron chi connectivity index (χ2n) is 7.10. The number of hydrazine groups is 1. The van der Waals surface area contributed by atoms with E-state index in [9.17, 15) is 14.4 Å². The SMILES string of the molecule is CC(C)(C)OC(=O)N[C@H](Cc1c[nH]cn1)C(=O)NNC(=O)CCCCCN. The minimum atomic E-state index is -0.958. The summed E-state index contributed by atoms with van der Waals surface area (Å²) in [4.78, 5) is 43.0. The number of nitrogens with two attached hydrogens (primary N) is 1. The summed E-state index contributed by atoms with van der Waals surface area (Å²) in [6.07, 6.45) is 5.17. The molecule has 0 aromatic carbocycles. The van der Waals surface area contributed by atoms with Crippen LogP contribution in [0, 0.1) is 0 Å². The summed E-state index contributed by atoms with van der Waals surface area (Å²) in [6.45, 7) is 5.75. The van der Waals surface area contributed by atoms with Gasteiger partial charge in [-0.15, -0.1) is 0 Å². The maximum Gasteiger partial charge on any atom is 0.408 e. The van der Waals surface area contributed by atoms with Gasteiger partial charge in [-0.1, -0.05) is 6.42 Å². The molecule has 1 atom stereocenters. The van der Waals surface area contributed by atoms with E-state index in [1.54, 1.807) is 27.0 Å². The van der Waals surface area contributed by atoms with Gasteiger partial charge in [0.15, 0.2) is 0 Å². The highest BCUT2D eigenvalue weighted by molar-refractivity contribution is 5.88. The molecule has 10 heteroatoms. The van der Waals surface area contributed by atoms with Crippen LogP contribution in [0.15, 0.2) is 12.5 Å². The fraction of sp³-hybridized carbons (Fsp3) is 0.647. The Morgan fingerprint density at radius 2 is 1.96 bits per heavy atom. The molecule has 0 unspecified atom stereocenters. The molecule has 27 heavy (non-hydrogen) atoms. The second-order valence-corrected chi connectivity index (χ2v) is 7.10. The van der Waals surface area contributed by atoms with Crippen molar-refractivity contribution in [1.29, 1.82) is 0 Å². The van der Waals surface area contributed by atoms with Crippen LogP contribution in [0.1, 0.15) is 52.1 Å². The van der Waals surface area contributed by atoms with Crippen LogP contribution in [-0.2, 0) is 20.7 Å². The molecule has 0 saturated heterocycles. The summed E-state index contributed by atoms with van der Waals surface area (Å²) in [6, 6.07) is -0.958. The predicted octanol–water partition coefficient (Wildman–Crippen LogP) is 0.512. The zero-order valence-electron chi connectivity index (χ0n) is 16.1. The molecule has 1 aromatic rings. The number of rotatable bonds is 9. The Morgan fingerprint density at radius 3 is 2.56 bits per heavy atom. The van der Waals surface area contributed by atoms with E-state index in [2.05, 4.69) is 26.1 Å². The van der Waals surface area contributed by atoms with Crippen LogP contribution < -0.4 is 21.9 Å². The number of hydrogen-bond acceptors (Lipinski definition) is 6. The van der Waals surface area contributed by atoms with Gasteiger partial charge in [0.1, 0.15) is 11.6 Å². The van der Waals surface area contributed by atoms with Crippen molar-refractivity contribution in [2.24, 2.45) is 5.73 Å². The Kier molecular flexibility index (Phi) is 9.27. The number of nitrogens with one attached hydrogen (secondary N) is 4. The Labute approximate surface area is 159 Å². The average molecular weight is 382 g/mol. The van der Waals surface area contributed by atoms with Crippen molar-refractivity contribution in [1.82, 2.24) is 26.1 Å². The number of imidazole rings is 1. The largest absolute Gasteiger partial charge is 0.444 e. The van der Waals surface area contributed by atoms with E-state index in [1.807, 2.05) is 0 Å². The molecule has 152 valence electrons. The van der Waals surface area contributed by atoms with Crippen LogP contribution in [0.3, 0.4) is 0 Å². The number of aromatic amines is 1. The molecule has 0 fully saturated rings. The number of alkyl carbamates (subject to hydrolysis) is 1. The molecule has 3 amide bonds. The molecule has 0 aliphatic rings. The van der Waals surface area contributed by atoms with Gasteiger partial charge in [0.2, 0.25) is 5.91 Å². The maximum atomic E-state index is 12.4. The van der Waals surface area contributed by atoms with Crippen molar-refractivity contribution in [3.8, 4) is 0 Å². The third kappa shape index (κ3) is 10.2. The summed E-state index contributed by atoms with van der Waals surface area (Å²) in [5.74, 6) is -0.879. The summed E-state index contributed by atoms with van der Waals surface area (Å²) >= 11 is 0. The summed E-state index contributed by atoms with van der Waals surface area (Å²) in [5.41, 5.74) is 9.97. The summed E-state index contributed by atoms with van der Waals surface area (Å²) in [7, 11) is 0. The highest BCUT2D eigenvalue weighted by Crippen LogP contribution is 2.08. The van der Waals surface area contributed by atoms with E-state index in [0.29, 0.717) is 18.7 Å². The lowest BCUT2D eigenvalue weighted by atomic mass is 10.1. The number of nitrogens with zero attached hydrogens (tertiary/aromatic N) is 1. The van der Waals surface area contributed by atoms with Crippen LogP contribution >= 0.6 is 0 Å². The molecule has 0 aliphatic heterocycles. The quantitative estimate of drug-likeness (QED) is 0.310. The lowest BCUT2D eigenvalue weighted by Crippen LogP contribution is -2.53. The minimum Gasteiger partial charge on any atom is -0.444 e. The first kappa shape index (κ1) is 22.4. The van der Waals surface area contributed by atoms with E-state index in [4.69, 9.17) is 10.5 Å². The zero-order valence-corrected chi connectivity index (χ0v) is 16.1. The number of carbonyl (C=O) groups excluding carboxylic acids is 3. The Hall–Kier alpha value is -2.62. The van der Waals surface area contributed by atoms with E-state index < -0.39 is 23.6 Å². The van der Waals surface area contributed by atoms with Gasteiger partial charge in [0, 0.05) is 19.0 Å². The van der Waals surface area contributed by atoms with Crippen LogP contribution in [0.2, 0.25) is 0 Å². The number of carbonyl (C=O) groups is 3. The van der Waals surface area contributed by atoms with Gasteiger partial charge in [-0.3, -0.25) is 20.4 Å². The lowest BCUT2D eigenvalue weighted by Gasteiger charge is -2.23. The van der Waals surface area contributed by atoms with E-state index in [-0.39, 0.29) is 18.7 Å². The highest BCUT2D eigenvalue weighted by Gasteiger charge is 2.25. The van der Waals surface area contributed by atoms with Crippen LogP contribution in [0.25, 0.3) is 0 Å². The smallest absolute Gasteiger partial charge is 0.408 e. The first-order valence-corrected chi connectivity index (χ1v) is 8.97. The van der Waals surface area contributed by atoms with Gasteiger partial charge in [-0.05, 0) is 40.2 Å².